The van der Waals surface area contributed by atoms with Crippen LogP contribution in [0.2, 0.25) is 0 Å². The van der Waals surface area contributed by atoms with Crippen molar-refractivity contribution in [1.82, 2.24) is 10.2 Å². The van der Waals surface area contributed by atoms with Crippen LogP contribution in [-0.2, 0) is 11.2 Å². The zero-order valence-corrected chi connectivity index (χ0v) is 13.5. The van der Waals surface area contributed by atoms with Crippen molar-refractivity contribution in [2.24, 2.45) is 0 Å². The van der Waals surface area contributed by atoms with E-state index >= 15 is 0 Å². The Labute approximate surface area is 128 Å². The maximum atomic E-state index is 5.81. The van der Waals surface area contributed by atoms with Crippen molar-refractivity contribution < 1.29 is 4.74 Å². The zero-order valence-electron chi connectivity index (χ0n) is 13.5. The number of fused-ring (bicyclic) bond motifs is 1. The smallest absolute Gasteiger partial charge is 0.0674 e. The van der Waals surface area contributed by atoms with Gasteiger partial charge in [0.05, 0.1) is 12.7 Å². The van der Waals surface area contributed by atoms with Crippen molar-refractivity contribution in [2.45, 2.75) is 57.8 Å². The molecule has 0 saturated carbocycles. The average Bonchev–Trinajstić information content (AvgIpc) is 2.86. The second-order valence-corrected chi connectivity index (χ2v) is 6.59. The van der Waals surface area contributed by atoms with Crippen LogP contribution in [0.1, 0.15) is 44.4 Å². The molecule has 21 heavy (non-hydrogen) atoms. The normalized spacial score (nSPS) is 33.1. The predicted molar refractivity (Wildman–Crippen MR) is 86.6 cm³/mol. The Hall–Kier alpha value is -0.900. The molecule has 0 aromatic heterocycles. The van der Waals surface area contributed by atoms with Gasteiger partial charge >= 0.3 is 0 Å². The molecule has 4 unspecified atom stereocenters. The van der Waals surface area contributed by atoms with E-state index in [2.05, 4.69) is 55.3 Å². The molecule has 1 heterocycles. The molecule has 2 aliphatic rings. The minimum Gasteiger partial charge on any atom is -0.376 e. The molecule has 1 N–H and O–H groups in total. The maximum Gasteiger partial charge on any atom is 0.0674 e. The molecular formula is C18H28N2O. The molecule has 3 rings (SSSR count). The van der Waals surface area contributed by atoms with Crippen molar-refractivity contribution in [3.63, 3.8) is 0 Å². The van der Waals surface area contributed by atoms with Gasteiger partial charge in [-0.25, -0.2) is 0 Å². The minimum atomic E-state index is 0.344. The molecule has 1 aliphatic carbocycles. The number of nitrogens with zero attached hydrogens (tertiary/aromatic N) is 1. The van der Waals surface area contributed by atoms with Gasteiger partial charge in [0.1, 0.15) is 0 Å². The molecule has 0 bridgehead atoms. The van der Waals surface area contributed by atoms with Gasteiger partial charge in [-0.1, -0.05) is 31.2 Å². The molecule has 1 fully saturated rings. The van der Waals surface area contributed by atoms with E-state index in [4.69, 9.17) is 4.74 Å². The quantitative estimate of drug-likeness (QED) is 0.922. The molecule has 0 spiro atoms. The second kappa shape index (κ2) is 6.47. The molecule has 0 amide bonds. The van der Waals surface area contributed by atoms with E-state index in [1.807, 2.05) is 0 Å². The summed E-state index contributed by atoms with van der Waals surface area (Å²) in [5.74, 6) is 0. The monoisotopic (exact) mass is 288 g/mol. The predicted octanol–water partition coefficient (Wildman–Crippen LogP) is 2.76. The van der Waals surface area contributed by atoms with Crippen molar-refractivity contribution in [3.8, 4) is 0 Å². The molecule has 0 radical (unpaired) electrons. The summed E-state index contributed by atoms with van der Waals surface area (Å²) < 4.78 is 5.81. The maximum absolute atomic E-state index is 5.81. The highest BCUT2D eigenvalue weighted by Gasteiger charge is 2.39. The highest BCUT2D eigenvalue weighted by molar-refractivity contribution is 5.37. The first-order valence-electron chi connectivity index (χ1n) is 8.39. The van der Waals surface area contributed by atoms with Gasteiger partial charge in [-0.3, -0.25) is 4.90 Å². The largest absolute Gasteiger partial charge is 0.376 e. The van der Waals surface area contributed by atoms with Gasteiger partial charge in [0.25, 0.3) is 0 Å². The Balaban J connectivity index is 1.83. The van der Waals surface area contributed by atoms with Crippen LogP contribution in [0.15, 0.2) is 24.3 Å². The highest BCUT2D eigenvalue weighted by atomic mass is 16.5. The van der Waals surface area contributed by atoms with Crippen LogP contribution in [-0.4, -0.2) is 42.8 Å². The third-order valence-corrected chi connectivity index (χ3v) is 4.90. The first kappa shape index (κ1) is 15.0. The van der Waals surface area contributed by atoms with E-state index in [1.165, 1.54) is 17.5 Å². The summed E-state index contributed by atoms with van der Waals surface area (Å²) in [6, 6.07) is 10.5. The fraction of sp³-hybridized carbons (Fsp3) is 0.667. The number of morpholine rings is 1. The van der Waals surface area contributed by atoms with E-state index in [9.17, 15) is 0 Å². The van der Waals surface area contributed by atoms with Crippen LogP contribution in [0.25, 0.3) is 0 Å². The van der Waals surface area contributed by atoms with E-state index in [-0.39, 0.29) is 0 Å². The summed E-state index contributed by atoms with van der Waals surface area (Å²) in [7, 11) is 0. The Morgan fingerprint density at radius 1 is 1.29 bits per heavy atom. The van der Waals surface area contributed by atoms with Crippen LogP contribution < -0.4 is 5.32 Å². The highest BCUT2D eigenvalue weighted by Crippen LogP contribution is 2.36. The average molecular weight is 288 g/mol. The fourth-order valence-corrected chi connectivity index (χ4v) is 3.82. The lowest BCUT2D eigenvalue weighted by molar-refractivity contribution is -0.0697. The van der Waals surface area contributed by atoms with Gasteiger partial charge in [0.2, 0.25) is 0 Å². The lowest BCUT2D eigenvalue weighted by Gasteiger charge is -2.43. The molecule has 4 atom stereocenters. The van der Waals surface area contributed by atoms with Gasteiger partial charge in [0, 0.05) is 24.7 Å². The topological polar surface area (TPSA) is 24.5 Å². The minimum absolute atomic E-state index is 0.344. The van der Waals surface area contributed by atoms with Crippen LogP contribution in [0, 0.1) is 0 Å². The van der Waals surface area contributed by atoms with Crippen LogP contribution in [0.5, 0.6) is 0 Å². The zero-order chi connectivity index (χ0) is 14.8. The Bertz CT molecular complexity index is 476. The summed E-state index contributed by atoms with van der Waals surface area (Å²) in [6.45, 7) is 9.71. The third-order valence-electron chi connectivity index (χ3n) is 4.90. The number of hydrogen-bond acceptors (Lipinski definition) is 3. The Kier molecular flexibility index (Phi) is 4.63. The Morgan fingerprint density at radius 3 is 2.90 bits per heavy atom. The van der Waals surface area contributed by atoms with Crippen molar-refractivity contribution in [3.05, 3.63) is 35.4 Å². The van der Waals surface area contributed by atoms with Crippen molar-refractivity contribution in [1.29, 1.82) is 0 Å². The Morgan fingerprint density at radius 2 is 2.10 bits per heavy atom. The molecule has 116 valence electrons. The lowest BCUT2D eigenvalue weighted by Crippen LogP contribution is -2.55. The number of ether oxygens (including phenoxy) is 1. The molecule has 1 aromatic carbocycles. The third kappa shape index (κ3) is 3.01. The molecule has 1 aromatic rings. The standard InChI is InChI=1S/C18H28N2O/c1-4-9-19-18-16-8-6-5-7-15(16)10-17(18)20-11-14(3)21-12-13(20)2/h5-8,13-14,17-19H,4,9-12H2,1-3H3. The second-order valence-electron chi connectivity index (χ2n) is 6.59. The van der Waals surface area contributed by atoms with E-state index in [0.29, 0.717) is 24.2 Å². The first-order chi connectivity index (χ1) is 10.2. The van der Waals surface area contributed by atoms with E-state index in [1.54, 1.807) is 0 Å². The van der Waals surface area contributed by atoms with Gasteiger partial charge in [-0.05, 0) is 44.4 Å². The summed E-state index contributed by atoms with van der Waals surface area (Å²) >= 11 is 0. The fourth-order valence-electron chi connectivity index (χ4n) is 3.82. The van der Waals surface area contributed by atoms with Crippen LogP contribution in [0.3, 0.4) is 0 Å². The molecule has 1 saturated heterocycles. The van der Waals surface area contributed by atoms with Crippen molar-refractivity contribution in [2.75, 3.05) is 19.7 Å². The first-order valence-corrected chi connectivity index (χ1v) is 8.39. The number of hydrogen-bond donors (Lipinski definition) is 1. The van der Waals surface area contributed by atoms with Gasteiger partial charge in [-0.15, -0.1) is 0 Å². The van der Waals surface area contributed by atoms with E-state index in [0.717, 1.165) is 26.1 Å². The number of rotatable bonds is 4. The SMILES string of the molecule is CCCNC1c2ccccc2CC1N1CC(C)OCC1C. The van der Waals surface area contributed by atoms with Crippen molar-refractivity contribution >= 4 is 0 Å². The lowest BCUT2D eigenvalue weighted by atomic mass is 10.0. The molecular weight excluding hydrogens is 260 g/mol. The summed E-state index contributed by atoms with van der Waals surface area (Å²) in [6.07, 6.45) is 2.69. The van der Waals surface area contributed by atoms with E-state index < -0.39 is 0 Å². The molecule has 1 aliphatic heterocycles. The molecule has 3 nitrogen and oxygen atoms in total. The van der Waals surface area contributed by atoms with Gasteiger partial charge in [-0.2, -0.15) is 0 Å². The summed E-state index contributed by atoms with van der Waals surface area (Å²) in [5.41, 5.74) is 3.02. The van der Waals surface area contributed by atoms with Crippen LogP contribution >= 0.6 is 0 Å². The van der Waals surface area contributed by atoms with Crippen LogP contribution in [0.4, 0.5) is 0 Å². The molecule has 3 heteroatoms. The summed E-state index contributed by atoms with van der Waals surface area (Å²) in [5, 5.41) is 3.79. The number of nitrogens with one attached hydrogen (secondary N) is 1. The number of benzene rings is 1. The summed E-state index contributed by atoms with van der Waals surface area (Å²) in [4.78, 5) is 2.67. The van der Waals surface area contributed by atoms with Gasteiger partial charge < -0.3 is 10.1 Å². The van der Waals surface area contributed by atoms with Gasteiger partial charge in [0.15, 0.2) is 0 Å².